The Labute approximate surface area is 507 Å². The number of hydrogen-bond donors (Lipinski definition) is 0. The molecular weight excluding hydrogens is 1110 g/mol. The lowest BCUT2D eigenvalue weighted by Crippen LogP contribution is -3.00. The van der Waals surface area contributed by atoms with Crippen molar-refractivity contribution in [3.63, 3.8) is 0 Å². The van der Waals surface area contributed by atoms with Crippen LogP contribution >= 0.6 is 0 Å². The first kappa shape index (κ1) is 74.2. The third-order valence-corrected chi connectivity index (χ3v) is 13.2. The molecule has 0 aliphatic carbocycles. The quantitative estimate of drug-likeness (QED) is 0.0408. The Bertz CT molecular complexity index is 2190. The maximum atomic E-state index is 6.23. The minimum absolute atomic E-state index is 0. The van der Waals surface area contributed by atoms with Gasteiger partial charge in [0, 0.05) is 62.4 Å². The molecule has 476 valence electrons. The van der Waals surface area contributed by atoms with Gasteiger partial charge in [-0.1, -0.05) is 38.0 Å². The second-order valence-corrected chi connectivity index (χ2v) is 19.9. The first-order valence-corrected chi connectivity index (χ1v) is 29.1. The third-order valence-electron chi connectivity index (χ3n) is 13.2. The molecule has 2 aliphatic rings. The standard InChI is InChI=1S/C63H99N2O18.ClH/c1-9-21-69-30-33-75-42-43-79-45-47-81-49-51-83-55-16-18-59-57(53-55)63(4,5)61(65(59)20-23-71-32-35-77-40-37-73-28-25-67-7)14-12-10-11-13-60-62(2,3)56-52-54(82-50-48-80-46-44-78-41-38-74-29-26-68-8)15-17-58(56)64(60)19-22-70-31-34-76-39-36-72-27-24-66-6;/h1,10-18,52-53H,19-51H2,2-8H3;1H/q+1;/p-1. The van der Waals surface area contributed by atoms with Gasteiger partial charge in [0.15, 0.2) is 12.3 Å². The van der Waals surface area contributed by atoms with E-state index in [2.05, 4.69) is 97.7 Å². The Morgan fingerprint density at radius 3 is 1.29 bits per heavy atom. The summed E-state index contributed by atoms with van der Waals surface area (Å²) in [5.74, 6) is 3.99. The molecule has 0 spiro atoms. The Balaban J connectivity index is 0.0000185. The largest absolute Gasteiger partial charge is 1.00 e. The zero-order valence-corrected chi connectivity index (χ0v) is 52.1. The van der Waals surface area contributed by atoms with E-state index in [-0.39, 0.29) is 29.8 Å². The lowest BCUT2D eigenvalue weighted by atomic mass is 9.81. The number of allylic oxidation sites excluding steroid dienone is 6. The van der Waals surface area contributed by atoms with E-state index in [1.165, 1.54) is 5.56 Å². The third kappa shape index (κ3) is 29.1. The number of terminal acetylenes is 1. The van der Waals surface area contributed by atoms with Crippen molar-refractivity contribution in [3.05, 3.63) is 83.6 Å². The van der Waals surface area contributed by atoms with E-state index < -0.39 is 0 Å². The lowest BCUT2D eigenvalue weighted by Gasteiger charge is -2.27. The Morgan fingerprint density at radius 2 is 0.833 bits per heavy atom. The number of benzene rings is 2. The molecule has 0 atom stereocenters. The monoisotopic (exact) mass is 1210 g/mol. The smallest absolute Gasteiger partial charge is 0.210 e. The summed E-state index contributed by atoms with van der Waals surface area (Å²) in [6.07, 6.45) is 15.9. The summed E-state index contributed by atoms with van der Waals surface area (Å²) in [4.78, 5) is 2.35. The topological polar surface area (TPSA) is 172 Å². The van der Waals surface area contributed by atoms with Crippen LogP contribution < -0.4 is 26.8 Å². The van der Waals surface area contributed by atoms with E-state index in [0.717, 1.165) is 39.8 Å². The maximum Gasteiger partial charge on any atom is 0.210 e. The van der Waals surface area contributed by atoms with Crippen LogP contribution in [0.1, 0.15) is 38.8 Å². The van der Waals surface area contributed by atoms with Crippen LogP contribution in [-0.4, -0.2) is 250 Å². The fourth-order valence-electron chi connectivity index (χ4n) is 8.92. The zero-order valence-electron chi connectivity index (χ0n) is 51.4. The van der Waals surface area contributed by atoms with E-state index >= 15 is 0 Å². The van der Waals surface area contributed by atoms with Crippen molar-refractivity contribution in [1.82, 2.24) is 0 Å². The Morgan fingerprint density at radius 1 is 0.440 bits per heavy atom. The lowest BCUT2D eigenvalue weighted by molar-refractivity contribution is -0.442. The minimum atomic E-state index is -0.357. The molecule has 20 nitrogen and oxygen atoms in total. The number of nitrogens with zero attached hydrogens (tertiary/aromatic N) is 2. The van der Waals surface area contributed by atoms with Crippen LogP contribution in [0.3, 0.4) is 0 Å². The van der Waals surface area contributed by atoms with E-state index in [1.54, 1.807) is 21.3 Å². The van der Waals surface area contributed by atoms with Gasteiger partial charge in [-0.05, 0) is 55.8 Å². The molecule has 4 rings (SSSR count). The molecule has 2 aliphatic heterocycles. The molecule has 2 aromatic carbocycles. The molecule has 2 heterocycles. The molecule has 0 unspecified atom stereocenters. The molecule has 0 N–H and O–H groups in total. The van der Waals surface area contributed by atoms with Crippen molar-refractivity contribution in [1.29, 1.82) is 0 Å². The molecule has 0 saturated heterocycles. The van der Waals surface area contributed by atoms with Gasteiger partial charge in [-0.25, -0.2) is 0 Å². The number of methoxy groups -OCH3 is 3. The molecule has 0 fully saturated rings. The van der Waals surface area contributed by atoms with Crippen molar-refractivity contribution >= 4 is 17.1 Å². The average molecular weight is 1210 g/mol. The fraction of sp³-hybridized carbons (Fsp3) is 0.667. The predicted molar refractivity (Wildman–Crippen MR) is 319 cm³/mol. The molecular formula is C63H99ClN2O18. The summed E-state index contributed by atoms with van der Waals surface area (Å²) >= 11 is 0. The Kier molecular flexibility index (Phi) is 41.6. The number of hydrogen-bond acceptors (Lipinski definition) is 19. The highest BCUT2D eigenvalue weighted by Crippen LogP contribution is 2.49. The summed E-state index contributed by atoms with van der Waals surface area (Å²) in [6.45, 7) is 25.3. The van der Waals surface area contributed by atoms with Gasteiger partial charge >= 0.3 is 0 Å². The summed E-state index contributed by atoms with van der Waals surface area (Å²) in [7, 11) is 4.97. The molecule has 2 aromatic rings. The molecule has 84 heavy (non-hydrogen) atoms. The summed E-state index contributed by atoms with van der Waals surface area (Å²) in [6, 6.07) is 12.6. The van der Waals surface area contributed by atoms with Crippen LogP contribution in [0.25, 0.3) is 0 Å². The first-order chi connectivity index (χ1) is 40.7. The van der Waals surface area contributed by atoms with E-state index in [9.17, 15) is 0 Å². The molecule has 0 amide bonds. The van der Waals surface area contributed by atoms with Crippen LogP contribution in [0.2, 0.25) is 0 Å². The van der Waals surface area contributed by atoms with Crippen molar-refractivity contribution < 1.29 is 102 Å². The van der Waals surface area contributed by atoms with Crippen LogP contribution in [0.5, 0.6) is 11.5 Å². The van der Waals surface area contributed by atoms with E-state index in [4.69, 9.17) is 91.7 Å². The van der Waals surface area contributed by atoms with Gasteiger partial charge in [0.25, 0.3) is 0 Å². The highest BCUT2D eigenvalue weighted by Gasteiger charge is 2.45. The number of fused-ring (bicyclic) bond motifs is 2. The van der Waals surface area contributed by atoms with Crippen LogP contribution in [0.15, 0.2) is 72.5 Å². The average Bonchev–Trinajstić information content (AvgIpc) is 1.81. The predicted octanol–water partition coefficient (Wildman–Crippen LogP) is 3.41. The second-order valence-electron chi connectivity index (χ2n) is 19.9. The van der Waals surface area contributed by atoms with Gasteiger partial charge < -0.3 is 103 Å². The number of anilines is 1. The second kappa shape index (κ2) is 47.1. The maximum absolute atomic E-state index is 6.23. The van der Waals surface area contributed by atoms with Gasteiger partial charge in [-0.3, -0.25) is 0 Å². The highest BCUT2D eigenvalue weighted by molar-refractivity contribution is 6.03. The summed E-state index contributed by atoms with van der Waals surface area (Å²) in [5, 5.41) is 0. The van der Waals surface area contributed by atoms with E-state index in [0.29, 0.717) is 211 Å². The normalized spacial score (nSPS) is 14.7. The SMILES string of the molecule is C#CCOCCOCCOCCOCCOc1ccc2c(c1)C(C)(C)/C(=C/C=C/C=C\C1=[N+](CCOCCOCCOCCOC)c3ccc(OCCOCCOCCOCCOC)cc3C1(C)C)N2CCOCCOCCOCCOC.[Cl-]. The van der Waals surface area contributed by atoms with E-state index in [1.807, 2.05) is 12.1 Å². The molecule has 0 radical (unpaired) electrons. The molecule has 0 bridgehead atoms. The fourth-order valence-corrected chi connectivity index (χ4v) is 8.92. The molecule has 21 heteroatoms. The zero-order chi connectivity index (χ0) is 59.3. The number of halogens is 1. The highest BCUT2D eigenvalue weighted by atomic mass is 35.5. The summed E-state index contributed by atoms with van der Waals surface area (Å²) < 4.78 is 104. The Hall–Kier alpha value is -4.06. The van der Waals surface area contributed by atoms with Crippen molar-refractivity contribution in [3.8, 4) is 23.8 Å². The molecule has 0 saturated carbocycles. The number of rotatable bonds is 54. The van der Waals surface area contributed by atoms with Crippen LogP contribution in [0, 0.1) is 12.3 Å². The van der Waals surface area contributed by atoms with Crippen LogP contribution in [0.4, 0.5) is 11.4 Å². The van der Waals surface area contributed by atoms with Gasteiger partial charge in [0.1, 0.15) is 37.9 Å². The van der Waals surface area contributed by atoms with Gasteiger partial charge in [-0.15, -0.1) is 6.42 Å². The molecule has 0 aromatic heterocycles. The number of ether oxygens (including phenoxy) is 18. The van der Waals surface area contributed by atoms with Crippen LogP contribution in [-0.2, 0) is 86.6 Å². The van der Waals surface area contributed by atoms with Crippen molar-refractivity contribution in [2.24, 2.45) is 0 Å². The first-order valence-electron chi connectivity index (χ1n) is 29.1. The van der Waals surface area contributed by atoms with Gasteiger partial charge in [0.05, 0.1) is 184 Å². The van der Waals surface area contributed by atoms with Gasteiger partial charge in [-0.2, -0.15) is 4.58 Å². The van der Waals surface area contributed by atoms with Crippen molar-refractivity contribution in [2.75, 3.05) is 244 Å². The van der Waals surface area contributed by atoms with Gasteiger partial charge in [0.2, 0.25) is 5.69 Å². The minimum Gasteiger partial charge on any atom is -1.00 e. The van der Waals surface area contributed by atoms with Crippen molar-refractivity contribution in [2.45, 2.75) is 38.5 Å². The summed E-state index contributed by atoms with van der Waals surface area (Å²) in [5.41, 5.74) is 6.12.